The summed E-state index contributed by atoms with van der Waals surface area (Å²) in [6, 6.07) is 75.5. The smallest absolute Gasteiger partial charge is 0.170 e. The van der Waals surface area contributed by atoms with E-state index in [4.69, 9.17) is 29.9 Å². The average molecular weight is 993 g/mol. The summed E-state index contributed by atoms with van der Waals surface area (Å²) >= 11 is 7.10. The number of fused-ring (bicyclic) bond motifs is 8. The van der Waals surface area contributed by atoms with Gasteiger partial charge in [-0.1, -0.05) is 182 Å². The third-order valence-electron chi connectivity index (χ3n) is 12.8. The molecule has 14 rings (SSSR count). The molecule has 0 bridgehead atoms. The Hall–Kier alpha value is -8.38. The maximum Gasteiger partial charge on any atom is 0.170 e. The normalized spacial score (nSPS) is 11.6. The molecule has 72 heavy (non-hydrogen) atoms. The summed E-state index contributed by atoms with van der Waals surface area (Å²) in [7, 11) is 0. The van der Waals surface area contributed by atoms with E-state index in [-0.39, 0.29) is 0 Å². The highest BCUT2D eigenvalue weighted by molar-refractivity contribution is 7.36. The topological polar surface area (TPSA) is 77.3 Å². The highest BCUT2D eigenvalue weighted by Gasteiger charge is 2.25. The van der Waals surface area contributed by atoms with Crippen molar-refractivity contribution in [2.45, 2.75) is 0 Å². The van der Waals surface area contributed by atoms with Crippen LogP contribution in [0.1, 0.15) is 0 Å². The van der Waals surface area contributed by atoms with Crippen molar-refractivity contribution in [3.63, 3.8) is 0 Å². The van der Waals surface area contributed by atoms with Crippen molar-refractivity contribution in [1.29, 1.82) is 0 Å². The molecule has 7 aromatic carbocycles. The minimum atomic E-state index is 0.693. The number of thiophene rings is 4. The van der Waals surface area contributed by atoms with E-state index in [0.717, 1.165) is 82.2 Å². The van der Waals surface area contributed by atoms with Crippen LogP contribution in [-0.2, 0) is 0 Å². The summed E-state index contributed by atoms with van der Waals surface area (Å²) in [4.78, 5) is 34.7. The van der Waals surface area contributed by atoms with E-state index < -0.39 is 0 Å². The van der Waals surface area contributed by atoms with Crippen LogP contribution in [0.5, 0.6) is 0 Å². The third-order valence-corrected chi connectivity index (χ3v) is 17.7. The molecule has 338 valence electrons. The maximum absolute atomic E-state index is 5.32. The summed E-state index contributed by atoms with van der Waals surface area (Å²) in [6.45, 7) is 0. The van der Waals surface area contributed by atoms with Crippen molar-refractivity contribution in [2.75, 3.05) is 0 Å². The van der Waals surface area contributed by atoms with Gasteiger partial charge in [0.15, 0.2) is 17.5 Å². The van der Waals surface area contributed by atoms with Crippen molar-refractivity contribution in [3.8, 4) is 99.6 Å². The fourth-order valence-electron chi connectivity index (χ4n) is 9.34. The van der Waals surface area contributed by atoms with Crippen molar-refractivity contribution in [3.05, 3.63) is 218 Å². The van der Waals surface area contributed by atoms with Gasteiger partial charge in [0, 0.05) is 58.9 Å². The number of aromatic nitrogens is 6. The molecular weight excluding hydrogens is 957 g/mol. The molecule has 0 saturated heterocycles. The van der Waals surface area contributed by atoms with Gasteiger partial charge in [-0.3, -0.25) is 0 Å². The number of hydrogen-bond donors (Lipinski definition) is 0. The van der Waals surface area contributed by atoms with Crippen molar-refractivity contribution < 1.29 is 0 Å². The SMILES string of the molecule is c1ccc(-c2cc(-c3ccccc3)nc(-c3cc4c(s3)c3sc(-c5nc(-c6ccccc6)cc(-c6ccccc6)n5)cc3c3c5sc(-c6nc(-c7ccccc7)cc(-c7ccccc7)n6)cc5sc43)n2)cc1. The molecule has 0 fully saturated rings. The van der Waals surface area contributed by atoms with Gasteiger partial charge >= 0.3 is 0 Å². The second kappa shape index (κ2) is 17.8. The minimum Gasteiger partial charge on any atom is -0.227 e. The molecule has 0 radical (unpaired) electrons. The van der Waals surface area contributed by atoms with E-state index in [1.807, 2.05) is 47.7 Å². The molecule has 7 aromatic heterocycles. The summed E-state index contributed by atoms with van der Waals surface area (Å²) in [5.74, 6) is 2.10. The van der Waals surface area contributed by atoms with Gasteiger partial charge in [0.25, 0.3) is 0 Å². The van der Waals surface area contributed by atoms with Crippen LogP contribution < -0.4 is 0 Å². The zero-order chi connectivity index (χ0) is 47.5. The molecule has 6 nitrogen and oxygen atoms in total. The Morgan fingerprint density at radius 2 is 0.514 bits per heavy atom. The van der Waals surface area contributed by atoms with Crippen molar-refractivity contribution in [1.82, 2.24) is 29.9 Å². The van der Waals surface area contributed by atoms with Crippen LogP contribution in [0.3, 0.4) is 0 Å². The van der Waals surface area contributed by atoms with Crippen LogP contribution >= 0.6 is 45.3 Å². The molecule has 10 heteroatoms. The molecule has 0 amide bonds. The van der Waals surface area contributed by atoms with Crippen molar-refractivity contribution in [2.24, 2.45) is 0 Å². The Balaban J connectivity index is 1.01. The van der Waals surface area contributed by atoms with Gasteiger partial charge in [-0.25, -0.2) is 29.9 Å². The summed E-state index contributed by atoms with van der Waals surface area (Å²) in [6.07, 6.45) is 0. The first-order chi connectivity index (χ1) is 35.6. The summed E-state index contributed by atoms with van der Waals surface area (Å²) in [5, 5.41) is 3.58. The molecule has 0 saturated carbocycles. The minimum absolute atomic E-state index is 0.693. The van der Waals surface area contributed by atoms with Crippen LogP contribution in [0.2, 0.25) is 0 Å². The zero-order valence-corrected chi connectivity index (χ0v) is 41.4. The summed E-state index contributed by atoms with van der Waals surface area (Å²) < 4.78 is 6.01. The Morgan fingerprint density at radius 1 is 0.236 bits per heavy atom. The lowest BCUT2D eigenvalue weighted by atomic mass is 10.1. The van der Waals surface area contributed by atoms with Gasteiger partial charge in [0.1, 0.15) is 0 Å². The molecular formula is C62H36N6S4. The fraction of sp³-hybridized carbons (Fsp3) is 0. The Labute approximate surface area is 430 Å². The van der Waals surface area contributed by atoms with E-state index in [9.17, 15) is 0 Å². The fourth-order valence-corrected chi connectivity index (χ4v) is 14.4. The molecule has 0 atom stereocenters. The standard InChI is InChI=1S/C62H36N6S4/c1-7-19-37(20-8-1)45-33-46(38-21-9-2-10-22-38)64-60(63-45)52-31-43-55-56(69-51-36-54(72-59(51)55)62-67-49(41-27-15-5-16-28-41)35-50(68-62)42-29-17-6-18-30-42)44-32-53(71-58(44)57(43)70-52)61-65-47(39-23-11-3-12-24-39)34-48(66-61)40-25-13-4-14-26-40/h1-36H. The molecule has 0 N–H and O–H groups in total. The van der Waals surface area contributed by atoms with Gasteiger partial charge < -0.3 is 0 Å². The van der Waals surface area contributed by atoms with Crippen LogP contribution in [0.4, 0.5) is 0 Å². The monoisotopic (exact) mass is 992 g/mol. The second-order valence-corrected chi connectivity index (χ2v) is 21.6. The van der Waals surface area contributed by atoms with Crippen LogP contribution in [-0.4, -0.2) is 29.9 Å². The van der Waals surface area contributed by atoms with Gasteiger partial charge in [-0.05, 0) is 36.4 Å². The lowest BCUT2D eigenvalue weighted by Crippen LogP contribution is -1.94. The predicted octanol–water partition coefficient (Wildman–Crippen LogP) is 17.9. The van der Waals surface area contributed by atoms with Crippen LogP contribution in [0, 0.1) is 0 Å². The quantitative estimate of drug-likeness (QED) is 0.143. The Kier molecular flexibility index (Phi) is 10.5. The summed E-state index contributed by atoms with van der Waals surface area (Å²) in [5.41, 5.74) is 11.6. The van der Waals surface area contributed by atoms with Gasteiger partial charge in [-0.15, -0.1) is 45.3 Å². The maximum atomic E-state index is 5.32. The lowest BCUT2D eigenvalue weighted by Gasteiger charge is -2.08. The molecule has 0 aliphatic carbocycles. The second-order valence-electron chi connectivity index (χ2n) is 17.4. The third kappa shape index (κ3) is 7.69. The van der Waals surface area contributed by atoms with Gasteiger partial charge in [0.05, 0.1) is 62.9 Å². The van der Waals surface area contributed by atoms with E-state index in [2.05, 4.69) is 182 Å². The molecule has 0 unspecified atom stereocenters. The highest BCUT2D eigenvalue weighted by atomic mass is 32.1. The first-order valence-electron chi connectivity index (χ1n) is 23.5. The Morgan fingerprint density at radius 3 is 0.847 bits per heavy atom. The molecule has 7 heterocycles. The van der Waals surface area contributed by atoms with Crippen molar-refractivity contribution >= 4 is 85.0 Å². The van der Waals surface area contributed by atoms with Crippen LogP contribution in [0.15, 0.2) is 218 Å². The largest absolute Gasteiger partial charge is 0.227 e. The Bertz CT molecular complexity index is 4130. The van der Waals surface area contributed by atoms with E-state index in [1.54, 1.807) is 34.0 Å². The van der Waals surface area contributed by atoms with E-state index in [1.165, 1.54) is 39.7 Å². The molecule has 0 aliphatic heterocycles. The highest BCUT2D eigenvalue weighted by Crippen LogP contribution is 2.53. The number of rotatable bonds is 9. The number of hydrogen-bond acceptors (Lipinski definition) is 10. The van der Waals surface area contributed by atoms with Gasteiger partial charge in [-0.2, -0.15) is 0 Å². The number of benzene rings is 7. The molecule has 0 spiro atoms. The molecule has 0 aliphatic rings. The van der Waals surface area contributed by atoms with E-state index >= 15 is 0 Å². The van der Waals surface area contributed by atoms with Gasteiger partial charge in [0.2, 0.25) is 0 Å². The predicted molar refractivity (Wildman–Crippen MR) is 304 cm³/mol. The number of nitrogens with zero attached hydrogens (tertiary/aromatic N) is 6. The molecule has 14 aromatic rings. The first kappa shape index (κ1) is 42.5. The average Bonchev–Trinajstić information content (AvgIpc) is 4.28. The van der Waals surface area contributed by atoms with Crippen LogP contribution in [0.25, 0.3) is 139 Å². The zero-order valence-electron chi connectivity index (χ0n) is 38.1. The lowest BCUT2D eigenvalue weighted by molar-refractivity contribution is 1.19. The first-order valence-corrected chi connectivity index (χ1v) is 26.8. The van der Waals surface area contributed by atoms with E-state index in [0.29, 0.717) is 17.5 Å².